The zero-order valence-corrected chi connectivity index (χ0v) is 17.6. The molecule has 7 heteroatoms. The zero-order chi connectivity index (χ0) is 20.9. The third kappa shape index (κ3) is 5.30. The molecule has 0 radical (unpaired) electrons. The topological polar surface area (TPSA) is 36.0 Å². The number of amides is 1. The van der Waals surface area contributed by atoms with Crippen molar-refractivity contribution in [1.29, 1.82) is 0 Å². The average Bonchev–Trinajstić information content (AvgIpc) is 3.30. The van der Waals surface area contributed by atoms with Crippen LogP contribution >= 0.6 is 0 Å². The molecular weight excluding hydrogens is 388 g/mol. The number of benzene rings is 1. The maximum absolute atomic E-state index is 12.6. The quantitative estimate of drug-likeness (QED) is 0.703. The lowest BCUT2D eigenvalue weighted by atomic mass is 9.92. The number of likely N-dealkylation sites (tertiary alicyclic amines) is 3. The van der Waals surface area contributed by atoms with Crippen LogP contribution in [-0.2, 0) is 11.3 Å². The van der Waals surface area contributed by atoms with E-state index in [0.717, 1.165) is 83.4 Å². The van der Waals surface area contributed by atoms with Gasteiger partial charge >= 0.3 is 6.61 Å². The van der Waals surface area contributed by atoms with Crippen molar-refractivity contribution < 1.29 is 18.3 Å². The Balaban J connectivity index is 1.22. The molecule has 0 aromatic heterocycles. The van der Waals surface area contributed by atoms with Gasteiger partial charge in [-0.05, 0) is 70.8 Å². The van der Waals surface area contributed by atoms with Crippen LogP contribution in [-0.4, -0.2) is 72.5 Å². The third-order valence-corrected chi connectivity index (χ3v) is 6.95. The smallest absolute Gasteiger partial charge is 0.387 e. The summed E-state index contributed by atoms with van der Waals surface area (Å²) in [5, 5.41) is 0. The minimum atomic E-state index is -2.79. The molecule has 1 aromatic rings. The van der Waals surface area contributed by atoms with E-state index in [2.05, 4.69) is 19.4 Å². The average molecular weight is 422 g/mol. The van der Waals surface area contributed by atoms with Crippen LogP contribution in [0.4, 0.5) is 8.78 Å². The number of para-hydroxylation sites is 1. The van der Waals surface area contributed by atoms with Crippen molar-refractivity contribution in [2.24, 2.45) is 5.92 Å². The van der Waals surface area contributed by atoms with Gasteiger partial charge in [-0.1, -0.05) is 18.2 Å². The summed E-state index contributed by atoms with van der Waals surface area (Å²) >= 11 is 0. The number of piperidine rings is 2. The van der Waals surface area contributed by atoms with Crippen molar-refractivity contribution in [2.75, 3.05) is 39.3 Å². The lowest BCUT2D eigenvalue weighted by molar-refractivity contribution is -0.136. The Morgan fingerprint density at radius 3 is 2.30 bits per heavy atom. The third-order valence-electron chi connectivity index (χ3n) is 6.95. The van der Waals surface area contributed by atoms with Crippen LogP contribution in [0.15, 0.2) is 24.3 Å². The zero-order valence-electron chi connectivity index (χ0n) is 17.6. The molecule has 0 spiro atoms. The summed E-state index contributed by atoms with van der Waals surface area (Å²) in [6.45, 7) is 3.69. The molecule has 4 rings (SSSR count). The van der Waals surface area contributed by atoms with Crippen molar-refractivity contribution in [3.05, 3.63) is 29.8 Å². The number of hydrogen-bond donors (Lipinski definition) is 0. The highest BCUT2D eigenvalue weighted by atomic mass is 19.3. The van der Waals surface area contributed by atoms with E-state index >= 15 is 0 Å². The highest BCUT2D eigenvalue weighted by Gasteiger charge is 2.33. The van der Waals surface area contributed by atoms with Gasteiger partial charge in [0.1, 0.15) is 5.75 Å². The molecule has 3 saturated heterocycles. The standard InChI is InChI=1S/C23H33F2N3O2/c24-23(25)30-21-6-2-1-5-19(21)17-26-13-9-20(10-14-26)27-15-7-18(8-16-27)22(29)28-11-3-4-12-28/h1-2,5-6,18,20,23H,3-4,7-17H2. The summed E-state index contributed by atoms with van der Waals surface area (Å²) in [6.07, 6.45) is 6.44. The monoisotopic (exact) mass is 421 g/mol. The largest absolute Gasteiger partial charge is 0.434 e. The predicted molar refractivity (Wildman–Crippen MR) is 111 cm³/mol. The summed E-state index contributed by atoms with van der Waals surface area (Å²) in [7, 11) is 0. The highest BCUT2D eigenvalue weighted by molar-refractivity contribution is 5.79. The Labute approximate surface area is 178 Å². The van der Waals surface area contributed by atoms with Gasteiger partial charge in [0.25, 0.3) is 0 Å². The molecule has 0 bridgehead atoms. The fourth-order valence-electron chi connectivity index (χ4n) is 5.24. The molecular formula is C23H33F2N3O2. The molecule has 166 valence electrons. The molecule has 0 N–H and O–H groups in total. The van der Waals surface area contributed by atoms with Crippen LogP contribution in [0.3, 0.4) is 0 Å². The van der Waals surface area contributed by atoms with Crippen molar-refractivity contribution in [1.82, 2.24) is 14.7 Å². The van der Waals surface area contributed by atoms with E-state index in [1.807, 2.05) is 12.1 Å². The first-order chi connectivity index (χ1) is 14.6. The summed E-state index contributed by atoms with van der Waals surface area (Å²) in [5.74, 6) is 0.872. The van der Waals surface area contributed by atoms with Gasteiger partial charge in [-0.15, -0.1) is 0 Å². The second-order valence-electron chi connectivity index (χ2n) is 8.84. The van der Waals surface area contributed by atoms with Gasteiger partial charge in [-0.3, -0.25) is 9.69 Å². The number of halogens is 2. The van der Waals surface area contributed by atoms with Gasteiger partial charge < -0.3 is 14.5 Å². The lowest BCUT2D eigenvalue weighted by Crippen LogP contribution is -2.49. The Morgan fingerprint density at radius 1 is 0.967 bits per heavy atom. The Bertz CT molecular complexity index is 695. The molecule has 0 unspecified atom stereocenters. The fraction of sp³-hybridized carbons (Fsp3) is 0.696. The van der Waals surface area contributed by atoms with Crippen LogP contribution in [0.2, 0.25) is 0 Å². The number of carbonyl (C=O) groups excluding carboxylic acids is 1. The minimum Gasteiger partial charge on any atom is -0.434 e. The van der Waals surface area contributed by atoms with E-state index in [9.17, 15) is 13.6 Å². The first kappa shape index (κ1) is 21.5. The molecule has 3 aliphatic heterocycles. The van der Waals surface area contributed by atoms with Crippen LogP contribution in [0.1, 0.15) is 44.1 Å². The van der Waals surface area contributed by atoms with E-state index in [-0.39, 0.29) is 11.7 Å². The number of carbonyl (C=O) groups is 1. The van der Waals surface area contributed by atoms with Gasteiger partial charge in [0.15, 0.2) is 0 Å². The van der Waals surface area contributed by atoms with E-state index in [4.69, 9.17) is 0 Å². The van der Waals surface area contributed by atoms with Crippen molar-refractivity contribution in [3.63, 3.8) is 0 Å². The Kier molecular flexibility index (Phi) is 7.20. The number of alkyl halides is 2. The molecule has 3 aliphatic rings. The summed E-state index contributed by atoms with van der Waals surface area (Å²) in [6, 6.07) is 7.64. The van der Waals surface area contributed by atoms with E-state index < -0.39 is 6.61 Å². The molecule has 3 heterocycles. The van der Waals surface area contributed by atoms with E-state index in [0.29, 0.717) is 18.5 Å². The summed E-state index contributed by atoms with van der Waals surface area (Å²) < 4.78 is 29.9. The van der Waals surface area contributed by atoms with Crippen molar-refractivity contribution in [3.8, 4) is 5.75 Å². The number of rotatable bonds is 6. The maximum atomic E-state index is 12.6. The van der Waals surface area contributed by atoms with Gasteiger partial charge in [0.05, 0.1) is 0 Å². The molecule has 0 atom stereocenters. The first-order valence-corrected chi connectivity index (χ1v) is 11.4. The SMILES string of the molecule is O=C(C1CCN(C2CCN(Cc3ccccc3OC(F)F)CC2)CC1)N1CCCC1. The van der Waals surface area contributed by atoms with Gasteiger partial charge in [-0.25, -0.2) is 0 Å². The Morgan fingerprint density at radius 2 is 1.63 bits per heavy atom. The molecule has 5 nitrogen and oxygen atoms in total. The molecule has 1 aromatic carbocycles. The second kappa shape index (κ2) is 10.1. The Hall–Kier alpha value is -1.73. The van der Waals surface area contributed by atoms with E-state index in [1.165, 1.54) is 0 Å². The van der Waals surface area contributed by atoms with Gasteiger partial charge in [0, 0.05) is 37.2 Å². The van der Waals surface area contributed by atoms with Crippen LogP contribution in [0.5, 0.6) is 5.75 Å². The van der Waals surface area contributed by atoms with Crippen LogP contribution in [0.25, 0.3) is 0 Å². The molecule has 30 heavy (non-hydrogen) atoms. The maximum Gasteiger partial charge on any atom is 0.387 e. The van der Waals surface area contributed by atoms with Gasteiger partial charge in [-0.2, -0.15) is 8.78 Å². The van der Waals surface area contributed by atoms with Crippen molar-refractivity contribution >= 4 is 5.91 Å². The van der Waals surface area contributed by atoms with Crippen LogP contribution < -0.4 is 4.74 Å². The number of hydrogen-bond acceptors (Lipinski definition) is 4. The first-order valence-electron chi connectivity index (χ1n) is 11.4. The second-order valence-corrected chi connectivity index (χ2v) is 8.84. The predicted octanol–water partition coefficient (Wildman–Crippen LogP) is 3.59. The molecule has 1 amide bonds. The summed E-state index contributed by atoms with van der Waals surface area (Å²) in [5.41, 5.74) is 0.817. The summed E-state index contributed by atoms with van der Waals surface area (Å²) in [4.78, 5) is 19.6. The molecule has 0 aliphatic carbocycles. The number of nitrogens with zero attached hydrogens (tertiary/aromatic N) is 3. The van der Waals surface area contributed by atoms with E-state index in [1.54, 1.807) is 12.1 Å². The normalized spacial score (nSPS) is 22.7. The lowest BCUT2D eigenvalue weighted by Gasteiger charge is -2.42. The molecule has 0 saturated carbocycles. The van der Waals surface area contributed by atoms with Crippen LogP contribution in [0, 0.1) is 5.92 Å². The number of ether oxygens (including phenoxy) is 1. The fourth-order valence-corrected chi connectivity index (χ4v) is 5.24. The van der Waals surface area contributed by atoms with Crippen molar-refractivity contribution in [2.45, 2.75) is 57.7 Å². The minimum absolute atomic E-state index is 0.214. The molecule has 3 fully saturated rings. The highest BCUT2D eigenvalue weighted by Crippen LogP contribution is 2.28. The van der Waals surface area contributed by atoms with Gasteiger partial charge in [0.2, 0.25) is 5.91 Å².